The first-order chi connectivity index (χ1) is 13.0. The topological polar surface area (TPSA) is 63.5 Å². The molecular formula is C20H31ClIN5O. The van der Waals surface area contributed by atoms with Crippen LogP contribution in [0.25, 0.3) is 0 Å². The number of hydrogen-bond acceptors (Lipinski definition) is 3. The number of rotatable bonds is 9. The van der Waals surface area contributed by atoms with Gasteiger partial charge >= 0.3 is 0 Å². The van der Waals surface area contributed by atoms with Crippen LogP contribution in [-0.2, 0) is 19.5 Å². The van der Waals surface area contributed by atoms with E-state index in [1.54, 1.807) is 7.11 Å². The maximum absolute atomic E-state index is 6.31. The van der Waals surface area contributed by atoms with E-state index in [9.17, 15) is 0 Å². The minimum Gasteiger partial charge on any atom is -0.497 e. The molecule has 8 heteroatoms. The van der Waals surface area contributed by atoms with E-state index in [-0.39, 0.29) is 24.0 Å². The summed E-state index contributed by atoms with van der Waals surface area (Å²) in [5.74, 6) is 3.09. The van der Waals surface area contributed by atoms with Crippen molar-refractivity contribution in [3.05, 3.63) is 47.0 Å². The Morgan fingerprint density at radius 1 is 1.32 bits per heavy atom. The van der Waals surface area contributed by atoms with Crippen molar-refractivity contribution in [2.75, 3.05) is 20.2 Å². The molecule has 1 aromatic heterocycles. The van der Waals surface area contributed by atoms with Crippen LogP contribution in [0.15, 0.2) is 35.6 Å². The number of nitrogens with one attached hydrogen (secondary N) is 2. The zero-order chi connectivity index (χ0) is 19.6. The smallest absolute Gasteiger partial charge is 0.191 e. The molecule has 0 radical (unpaired) electrons. The van der Waals surface area contributed by atoms with E-state index >= 15 is 0 Å². The van der Waals surface area contributed by atoms with Crippen molar-refractivity contribution >= 4 is 41.5 Å². The van der Waals surface area contributed by atoms with E-state index in [1.165, 1.54) is 0 Å². The molecule has 2 aromatic rings. The van der Waals surface area contributed by atoms with Crippen LogP contribution < -0.4 is 15.4 Å². The summed E-state index contributed by atoms with van der Waals surface area (Å²) in [4.78, 5) is 9.09. The zero-order valence-corrected chi connectivity index (χ0v) is 20.1. The minimum atomic E-state index is 0. The zero-order valence-electron chi connectivity index (χ0n) is 17.0. The molecule has 0 saturated heterocycles. The van der Waals surface area contributed by atoms with Gasteiger partial charge < -0.3 is 19.9 Å². The Kier molecular flexibility index (Phi) is 11.3. The lowest BCUT2D eigenvalue weighted by molar-refractivity contribution is 0.414. The molecule has 0 unspecified atom stereocenters. The molecule has 156 valence electrons. The second-order valence-corrected chi connectivity index (χ2v) is 7.13. The minimum absolute atomic E-state index is 0. The summed E-state index contributed by atoms with van der Waals surface area (Å²) in [6.07, 6.45) is 4.64. The number of benzene rings is 1. The van der Waals surface area contributed by atoms with Crippen LogP contribution >= 0.6 is 35.6 Å². The normalized spacial score (nSPS) is 11.3. The predicted octanol–water partition coefficient (Wildman–Crippen LogP) is 4.12. The lowest BCUT2D eigenvalue weighted by Crippen LogP contribution is -2.38. The number of ether oxygens (including phenoxy) is 1. The van der Waals surface area contributed by atoms with E-state index in [2.05, 4.69) is 45.9 Å². The van der Waals surface area contributed by atoms with Crippen LogP contribution in [-0.4, -0.2) is 35.7 Å². The molecule has 0 amide bonds. The van der Waals surface area contributed by atoms with Crippen molar-refractivity contribution in [3.63, 3.8) is 0 Å². The van der Waals surface area contributed by atoms with Crippen molar-refractivity contribution in [1.29, 1.82) is 0 Å². The van der Waals surface area contributed by atoms with Gasteiger partial charge in [0, 0.05) is 37.1 Å². The molecular weight excluding hydrogens is 489 g/mol. The van der Waals surface area contributed by atoms with Gasteiger partial charge in [-0.1, -0.05) is 31.5 Å². The molecule has 0 aliphatic heterocycles. The van der Waals surface area contributed by atoms with Crippen LogP contribution in [0.1, 0.15) is 32.2 Å². The van der Waals surface area contributed by atoms with Crippen LogP contribution in [0.2, 0.25) is 5.02 Å². The lowest BCUT2D eigenvalue weighted by atomic mass is 10.1. The highest BCUT2D eigenvalue weighted by atomic mass is 127. The molecule has 0 spiro atoms. The summed E-state index contributed by atoms with van der Waals surface area (Å²) in [5.41, 5.74) is 1.08. The third-order valence-corrected chi connectivity index (χ3v) is 4.39. The van der Waals surface area contributed by atoms with Gasteiger partial charge in [0.25, 0.3) is 0 Å². The molecule has 2 N–H and O–H groups in total. The summed E-state index contributed by atoms with van der Waals surface area (Å²) in [5, 5.41) is 7.35. The average molecular weight is 520 g/mol. The standard InChI is InChI=1S/C20H30ClN5O.HI/c1-5-22-20(25-13-19-23-10-11-26(19)14-15(2)3)24-9-8-16-6-7-17(27-4)12-18(16)21;/h6-7,10-12,15H,5,8-9,13-14H2,1-4H3,(H2,22,24,25);1H. The highest BCUT2D eigenvalue weighted by Crippen LogP contribution is 2.22. The van der Waals surface area contributed by atoms with E-state index in [4.69, 9.17) is 16.3 Å². The van der Waals surface area contributed by atoms with Crippen LogP contribution in [0.4, 0.5) is 0 Å². The van der Waals surface area contributed by atoms with Crippen LogP contribution in [0, 0.1) is 5.92 Å². The SMILES string of the molecule is CCNC(=NCc1nccn1CC(C)C)NCCc1ccc(OC)cc1Cl.I. The van der Waals surface area contributed by atoms with E-state index < -0.39 is 0 Å². The first kappa shape index (κ1) is 24.6. The quantitative estimate of drug-likeness (QED) is 0.297. The number of nitrogens with zero attached hydrogens (tertiary/aromatic N) is 3. The van der Waals surface area contributed by atoms with Gasteiger partial charge in [0.2, 0.25) is 0 Å². The van der Waals surface area contributed by atoms with Crippen molar-refractivity contribution in [2.45, 2.75) is 40.3 Å². The maximum Gasteiger partial charge on any atom is 0.191 e. The first-order valence-electron chi connectivity index (χ1n) is 9.38. The fourth-order valence-electron chi connectivity index (χ4n) is 2.72. The molecule has 0 saturated carbocycles. The Balaban J connectivity index is 0.00000392. The Labute approximate surface area is 190 Å². The Morgan fingerprint density at radius 2 is 2.11 bits per heavy atom. The van der Waals surface area contributed by atoms with E-state index in [0.29, 0.717) is 17.5 Å². The number of imidazole rings is 1. The number of halogens is 2. The van der Waals surface area contributed by atoms with Gasteiger partial charge in [-0.05, 0) is 37.0 Å². The number of aliphatic imine (C=N–C) groups is 1. The van der Waals surface area contributed by atoms with Crippen LogP contribution in [0.3, 0.4) is 0 Å². The number of guanidine groups is 1. The fourth-order valence-corrected chi connectivity index (χ4v) is 2.98. The number of hydrogen-bond donors (Lipinski definition) is 2. The van der Waals surface area contributed by atoms with Gasteiger partial charge in [0.1, 0.15) is 18.1 Å². The van der Waals surface area contributed by atoms with Crippen molar-refractivity contribution in [3.8, 4) is 5.75 Å². The fraction of sp³-hybridized carbons (Fsp3) is 0.500. The third kappa shape index (κ3) is 7.87. The van der Waals surface area contributed by atoms with Gasteiger partial charge in [0.15, 0.2) is 5.96 Å². The summed E-state index contributed by atoms with van der Waals surface area (Å²) < 4.78 is 7.35. The second-order valence-electron chi connectivity index (χ2n) is 6.72. The Morgan fingerprint density at radius 3 is 2.75 bits per heavy atom. The molecule has 0 aliphatic carbocycles. The first-order valence-corrected chi connectivity index (χ1v) is 9.75. The highest BCUT2D eigenvalue weighted by molar-refractivity contribution is 14.0. The van der Waals surface area contributed by atoms with Gasteiger partial charge in [0.05, 0.1) is 7.11 Å². The van der Waals surface area contributed by atoms with Gasteiger partial charge in [-0.2, -0.15) is 0 Å². The average Bonchev–Trinajstić information content (AvgIpc) is 3.07. The third-order valence-electron chi connectivity index (χ3n) is 4.03. The van der Waals surface area contributed by atoms with Gasteiger partial charge in [-0.3, -0.25) is 0 Å². The largest absolute Gasteiger partial charge is 0.497 e. The molecule has 2 rings (SSSR count). The van der Waals surface area contributed by atoms with Crippen LogP contribution in [0.5, 0.6) is 5.75 Å². The van der Waals surface area contributed by atoms with Crippen molar-refractivity contribution in [1.82, 2.24) is 20.2 Å². The maximum atomic E-state index is 6.31. The van der Waals surface area contributed by atoms with Crippen molar-refractivity contribution < 1.29 is 4.74 Å². The molecule has 0 atom stereocenters. The Hall–Kier alpha value is -1.48. The second kappa shape index (κ2) is 12.9. The summed E-state index contributed by atoms with van der Waals surface area (Å²) in [6, 6.07) is 5.76. The molecule has 28 heavy (non-hydrogen) atoms. The van der Waals surface area contributed by atoms with Gasteiger partial charge in [-0.25, -0.2) is 9.98 Å². The lowest BCUT2D eigenvalue weighted by Gasteiger charge is -2.13. The summed E-state index contributed by atoms with van der Waals surface area (Å²) in [7, 11) is 1.64. The molecule has 1 aromatic carbocycles. The number of methoxy groups -OCH3 is 1. The van der Waals surface area contributed by atoms with E-state index in [1.807, 2.05) is 30.6 Å². The molecule has 6 nitrogen and oxygen atoms in total. The Bertz CT molecular complexity index is 748. The monoisotopic (exact) mass is 519 g/mol. The summed E-state index contributed by atoms with van der Waals surface area (Å²) in [6.45, 7) is 9.47. The van der Waals surface area contributed by atoms with Crippen molar-refractivity contribution in [2.24, 2.45) is 10.9 Å². The van der Waals surface area contributed by atoms with Gasteiger partial charge in [-0.15, -0.1) is 24.0 Å². The predicted molar refractivity (Wildman–Crippen MR) is 127 cm³/mol. The molecule has 0 fully saturated rings. The molecule has 0 bridgehead atoms. The molecule has 1 heterocycles. The number of aromatic nitrogens is 2. The molecule has 0 aliphatic rings. The highest BCUT2D eigenvalue weighted by Gasteiger charge is 2.06. The summed E-state index contributed by atoms with van der Waals surface area (Å²) >= 11 is 6.31. The van der Waals surface area contributed by atoms with E-state index in [0.717, 1.165) is 49.2 Å².